The number of nitrogens with two attached hydrogens (primary N) is 1. The van der Waals surface area contributed by atoms with Gasteiger partial charge in [-0.1, -0.05) is 0 Å². The molecule has 10 heteroatoms. The van der Waals surface area contributed by atoms with Crippen molar-refractivity contribution in [3.63, 3.8) is 0 Å². The molecule has 0 unspecified atom stereocenters. The van der Waals surface area contributed by atoms with Gasteiger partial charge in [0.1, 0.15) is 5.75 Å². The van der Waals surface area contributed by atoms with E-state index < -0.39 is 11.9 Å². The van der Waals surface area contributed by atoms with Gasteiger partial charge in [0.05, 0.1) is 11.3 Å². The van der Waals surface area contributed by atoms with Crippen LogP contribution in [0.25, 0.3) is 0 Å². The van der Waals surface area contributed by atoms with Gasteiger partial charge in [-0.25, -0.2) is 9.78 Å². The van der Waals surface area contributed by atoms with E-state index in [2.05, 4.69) is 10.3 Å². The number of aromatic carboxylic acids is 1. The molecule has 0 fully saturated rings. The Labute approximate surface area is 146 Å². The maximum absolute atomic E-state index is 11.9. The second kappa shape index (κ2) is 9.88. The van der Waals surface area contributed by atoms with Crippen molar-refractivity contribution in [1.29, 1.82) is 0 Å². The summed E-state index contributed by atoms with van der Waals surface area (Å²) in [5.74, 6) is -1.90. The molecule has 0 saturated heterocycles. The lowest BCUT2D eigenvalue weighted by molar-refractivity contribution is -0.122. The fourth-order valence-electron chi connectivity index (χ4n) is 1.88. The summed E-state index contributed by atoms with van der Waals surface area (Å²) in [6, 6.07) is 3.53. The van der Waals surface area contributed by atoms with E-state index in [4.69, 9.17) is 20.7 Å². The third kappa shape index (κ3) is 6.87. The Morgan fingerprint density at radius 3 is 2.48 bits per heavy atom. The fraction of sp³-hybridized carbons (Fsp3) is 0.200. The Bertz CT molecular complexity index is 747. The zero-order valence-corrected chi connectivity index (χ0v) is 13.8. The molecule has 0 aliphatic heterocycles. The molecule has 0 spiro atoms. The minimum absolute atomic E-state index is 0.107. The van der Waals surface area contributed by atoms with E-state index >= 15 is 0 Å². The molecule has 0 saturated carbocycles. The topological polar surface area (TPSA) is 163 Å². The number of anilines is 1. The number of aromatic hydroxyl groups is 1. The largest absolute Gasteiger partial charge is 0.508 e. The Kier molecular flexibility index (Phi) is 7.87. The summed E-state index contributed by atoms with van der Waals surface area (Å²) in [5.41, 5.74) is 6.37. The van der Waals surface area contributed by atoms with E-state index in [1.165, 1.54) is 23.5 Å². The summed E-state index contributed by atoms with van der Waals surface area (Å²) < 4.78 is 0. The number of nitrogens with zero attached hydrogens (tertiary/aromatic N) is 1. The van der Waals surface area contributed by atoms with Crippen LogP contribution in [0.4, 0.5) is 5.13 Å². The highest BCUT2D eigenvalue weighted by molar-refractivity contribution is 7.13. The number of hydrogen-bond acceptors (Lipinski definition) is 7. The van der Waals surface area contributed by atoms with Crippen LogP contribution >= 0.6 is 11.3 Å². The molecule has 0 atom stereocenters. The lowest BCUT2D eigenvalue weighted by Gasteiger charge is -2.06. The molecule has 1 amide bonds. The lowest BCUT2D eigenvalue weighted by atomic mass is 10.1. The number of phenols is 1. The smallest absolute Gasteiger partial charge is 0.335 e. The van der Waals surface area contributed by atoms with Crippen molar-refractivity contribution in [1.82, 2.24) is 10.3 Å². The van der Waals surface area contributed by atoms with E-state index in [-0.39, 0.29) is 23.3 Å². The Hall–Kier alpha value is -3.14. The van der Waals surface area contributed by atoms with Crippen LogP contribution in [-0.4, -0.2) is 45.2 Å². The van der Waals surface area contributed by atoms with Crippen LogP contribution in [0.5, 0.6) is 5.75 Å². The van der Waals surface area contributed by atoms with Gasteiger partial charge in [-0.05, 0) is 31.0 Å². The molecule has 1 aromatic carbocycles. The van der Waals surface area contributed by atoms with Crippen molar-refractivity contribution in [3.8, 4) is 5.75 Å². The molecular weight excluding hydrogens is 350 g/mol. The zero-order valence-electron chi connectivity index (χ0n) is 13.0. The van der Waals surface area contributed by atoms with Crippen LogP contribution in [-0.2, 0) is 11.2 Å². The summed E-state index contributed by atoms with van der Waals surface area (Å²) >= 11 is 1.37. The molecule has 9 nitrogen and oxygen atoms in total. The molecular formula is C15H17N3O6S. The molecule has 0 aliphatic carbocycles. The van der Waals surface area contributed by atoms with Crippen molar-refractivity contribution >= 4 is 34.8 Å². The SMILES string of the molecule is Nc1nc(CCCNC(=O)c2cc(O)cc(C(=O)O)c2)cs1.O=CO. The number of hydrogen-bond donors (Lipinski definition) is 5. The average Bonchev–Trinajstić information content (AvgIpc) is 2.97. The highest BCUT2D eigenvalue weighted by Gasteiger charge is 2.11. The number of benzene rings is 1. The summed E-state index contributed by atoms with van der Waals surface area (Å²) in [6.45, 7) is 0.161. The fourth-order valence-corrected chi connectivity index (χ4v) is 2.47. The molecule has 1 heterocycles. The van der Waals surface area contributed by atoms with Gasteiger partial charge in [0.25, 0.3) is 12.4 Å². The number of thiazole rings is 1. The van der Waals surface area contributed by atoms with E-state index in [0.717, 1.165) is 11.8 Å². The minimum Gasteiger partial charge on any atom is -0.508 e. The van der Waals surface area contributed by atoms with Crippen molar-refractivity contribution in [3.05, 3.63) is 40.4 Å². The first-order valence-electron chi connectivity index (χ1n) is 7.00. The van der Waals surface area contributed by atoms with Crippen molar-refractivity contribution in [2.75, 3.05) is 12.3 Å². The molecule has 25 heavy (non-hydrogen) atoms. The first-order valence-corrected chi connectivity index (χ1v) is 7.88. The number of nitrogens with one attached hydrogen (secondary N) is 1. The zero-order chi connectivity index (χ0) is 18.8. The van der Waals surface area contributed by atoms with E-state index in [0.29, 0.717) is 24.5 Å². The summed E-state index contributed by atoms with van der Waals surface area (Å²) in [4.78, 5) is 35.3. The van der Waals surface area contributed by atoms with Gasteiger partial charge in [-0.15, -0.1) is 11.3 Å². The number of aryl methyl sites for hydroxylation is 1. The first-order chi connectivity index (χ1) is 11.9. The van der Waals surface area contributed by atoms with Gasteiger partial charge in [-0.3, -0.25) is 9.59 Å². The van der Waals surface area contributed by atoms with Crippen LogP contribution < -0.4 is 11.1 Å². The number of amides is 1. The number of carboxylic acid groups (broad SMARTS) is 2. The number of rotatable bonds is 6. The first kappa shape index (κ1) is 19.9. The molecule has 0 aliphatic rings. The van der Waals surface area contributed by atoms with Crippen LogP contribution in [0.1, 0.15) is 32.8 Å². The number of phenolic OH excluding ortho intramolecular Hbond substituents is 1. The monoisotopic (exact) mass is 367 g/mol. The van der Waals surface area contributed by atoms with Crippen LogP contribution in [0.2, 0.25) is 0 Å². The molecule has 1 aromatic heterocycles. The van der Waals surface area contributed by atoms with Gasteiger partial charge < -0.3 is 26.4 Å². The van der Waals surface area contributed by atoms with Crippen molar-refractivity contribution in [2.45, 2.75) is 12.8 Å². The second-order valence-electron chi connectivity index (χ2n) is 4.72. The third-order valence-corrected chi connectivity index (χ3v) is 3.61. The van der Waals surface area contributed by atoms with Crippen molar-refractivity contribution in [2.24, 2.45) is 0 Å². The maximum atomic E-state index is 11.9. The Morgan fingerprint density at radius 2 is 1.92 bits per heavy atom. The predicted octanol–water partition coefficient (Wildman–Crippen LogP) is 1.19. The molecule has 0 radical (unpaired) electrons. The highest BCUT2D eigenvalue weighted by atomic mass is 32.1. The van der Waals surface area contributed by atoms with E-state index in [1.54, 1.807) is 0 Å². The molecule has 2 aromatic rings. The molecule has 6 N–H and O–H groups in total. The number of carbonyl (C=O) groups is 3. The normalized spacial score (nSPS) is 9.60. The summed E-state index contributed by atoms with van der Waals surface area (Å²) in [6.07, 6.45) is 1.37. The molecule has 2 rings (SSSR count). The number of carbonyl (C=O) groups excluding carboxylic acids is 1. The quantitative estimate of drug-likeness (QED) is 0.375. The van der Waals surface area contributed by atoms with E-state index in [1.807, 2.05) is 5.38 Å². The summed E-state index contributed by atoms with van der Waals surface area (Å²) in [7, 11) is 0. The lowest BCUT2D eigenvalue weighted by Crippen LogP contribution is -2.25. The average molecular weight is 367 g/mol. The molecule has 134 valence electrons. The van der Waals surface area contributed by atoms with Gasteiger partial charge >= 0.3 is 5.97 Å². The van der Waals surface area contributed by atoms with E-state index in [9.17, 15) is 14.7 Å². The number of aromatic nitrogens is 1. The predicted molar refractivity (Wildman–Crippen MR) is 90.9 cm³/mol. The number of carboxylic acids is 1. The maximum Gasteiger partial charge on any atom is 0.335 e. The van der Waals surface area contributed by atoms with Crippen molar-refractivity contribution < 1.29 is 29.7 Å². The Morgan fingerprint density at radius 1 is 1.28 bits per heavy atom. The number of nitrogen functional groups attached to an aromatic ring is 1. The summed E-state index contributed by atoms with van der Waals surface area (Å²) in [5, 5.41) is 30.3. The van der Waals surface area contributed by atoms with Gasteiger partial charge in [0, 0.05) is 17.5 Å². The minimum atomic E-state index is -1.20. The van der Waals surface area contributed by atoms with Gasteiger partial charge in [0.2, 0.25) is 0 Å². The van der Waals surface area contributed by atoms with Crippen LogP contribution in [0.3, 0.4) is 0 Å². The van der Waals surface area contributed by atoms with Gasteiger partial charge in [0.15, 0.2) is 5.13 Å². The standard InChI is InChI=1S/C14H15N3O4S.CH2O2/c15-14-17-10(7-22-14)2-1-3-16-12(19)8-4-9(13(20)21)6-11(18)5-8;2-1-3/h4-7,18H,1-3H2,(H2,15,17)(H,16,19)(H,20,21);1H,(H,2,3). The van der Waals surface area contributed by atoms with Crippen LogP contribution in [0, 0.1) is 0 Å². The molecule has 0 bridgehead atoms. The Balaban J connectivity index is 0.000000970. The third-order valence-electron chi connectivity index (χ3n) is 2.89. The van der Waals surface area contributed by atoms with Crippen LogP contribution in [0.15, 0.2) is 23.6 Å². The van der Waals surface area contributed by atoms with Gasteiger partial charge in [-0.2, -0.15) is 0 Å². The highest BCUT2D eigenvalue weighted by Crippen LogP contribution is 2.16. The second-order valence-corrected chi connectivity index (χ2v) is 5.61.